The van der Waals surface area contributed by atoms with E-state index in [2.05, 4.69) is 19.9 Å². The van der Waals surface area contributed by atoms with E-state index in [9.17, 15) is 4.39 Å². The average molecular weight is 340 g/mol. The van der Waals surface area contributed by atoms with Crippen LogP contribution in [0.1, 0.15) is 17.8 Å². The predicted octanol–water partition coefficient (Wildman–Crippen LogP) is 3.17. The minimum atomic E-state index is -0.174. The summed E-state index contributed by atoms with van der Waals surface area (Å²) in [4.78, 5) is 14.7. The van der Waals surface area contributed by atoms with Crippen LogP contribution in [0, 0.1) is 11.7 Å². The minimum absolute atomic E-state index is 0.174. The number of hydrogen-bond acceptors (Lipinski definition) is 4. The van der Waals surface area contributed by atoms with Crippen molar-refractivity contribution in [3.63, 3.8) is 0 Å². The molecule has 0 bridgehead atoms. The summed E-state index contributed by atoms with van der Waals surface area (Å²) in [6, 6.07) is 10.6. The van der Waals surface area contributed by atoms with E-state index in [-0.39, 0.29) is 5.82 Å². The molecule has 1 aromatic carbocycles. The van der Waals surface area contributed by atoms with E-state index >= 15 is 0 Å². The summed E-state index contributed by atoms with van der Waals surface area (Å²) in [5, 5.41) is 0. The molecule has 3 heterocycles. The third-order valence-electron chi connectivity index (χ3n) is 4.76. The molecule has 2 aromatic heterocycles. The highest BCUT2D eigenvalue weighted by Gasteiger charge is 2.23. The molecule has 1 atom stereocenters. The van der Waals surface area contributed by atoms with Crippen molar-refractivity contribution in [2.75, 3.05) is 20.2 Å². The molecular weight excluding hydrogens is 319 g/mol. The zero-order valence-electron chi connectivity index (χ0n) is 14.2. The lowest BCUT2D eigenvalue weighted by Gasteiger charge is -2.14. The standard InChI is InChI=1S/C19H21FN4O/c1-25-18-7-6-16-19(23-18)22-17(21-16)12-24-9-8-14(11-24)10-13-2-4-15(20)5-3-13/h2-7,14H,8-12H2,1H3,(H,21,22,23). The summed E-state index contributed by atoms with van der Waals surface area (Å²) in [7, 11) is 1.60. The van der Waals surface area contributed by atoms with Crippen molar-refractivity contribution in [3.8, 4) is 5.88 Å². The van der Waals surface area contributed by atoms with Crippen molar-refractivity contribution < 1.29 is 9.13 Å². The van der Waals surface area contributed by atoms with Crippen LogP contribution in [-0.4, -0.2) is 40.1 Å². The highest BCUT2D eigenvalue weighted by molar-refractivity contribution is 5.71. The minimum Gasteiger partial charge on any atom is -0.481 e. The van der Waals surface area contributed by atoms with Gasteiger partial charge in [-0.05, 0) is 49.1 Å². The van der Waals surface area contributed by atoms with Gasteiger partial charge in [-0.15, -0.1) is 0 Å². The number of pyridine rings is 1. The fourth-order valence-corrected chi connectivity index (χ4v) is 3.50. The first kappa shape index (κ1) is 16.0. The number of nitrogens with one attached hydrogen (secondary N) is 1. The number of aromatic nitrogens is 3. The molecule has 5 nitrogen and oxygen atoms in total. The molecule has 0 spiro atoms. The zero-order chi connectivity index (χ0) is 17.2. The number of fused-ring (bicyclic) bond motifs is 1. The molecule has 6 heteroatoms. The third kappa shape index (κ3) is 3.64. The molecule has 0 amide bonds. The summed E-state index contributed by atoms with van der Waals surface area (Å²) >= 11 is 0. The first-order valence-electron chi connectivity index (χ1n) is 8.56. The molecule has 130 valence electrons. The Morgan fingerprint density at radius 2 is 2.04 bits per heavy atom. The number of rotatable bonds is 5. The van der Waals surface area contributed by atoms with Crippen LogP contribution in [0.5, 0.6) is 5.88 Å². The first-order valence-corrected chi connectivity index (χ1v) is 8.56. The van der Waals surface area contributed by atoms with Gasteiger partial charge in [-0.3, -0.25) is 4.90 Å². The summed E-state index contributed by atoms with van der Waals surface area (Å²) in [5.74, 6) is 1.93. The molecule has 1 saturated heterocycles. The summed E-state index contributed by atoms with van der Waals surface area (Å²) in [6.45, 7) is 2.88. The van der Waals surface area contributed by atoms with Gasteiger partial charge in [0.2, 0.25) is 5.88 Å². The van der Waals surface area contributed by atoms with Crippen molar-refractivity contribution in [2.24, 2.45) is 5.92 Å². The fraction of sp³-hybridized carbons (Fsp3) is 0.368. The number of H-pyrrole nitrogens is 1. The fourth-order valence-electron chi connectivity index (χ4n) is 3.50. The van der Waals surface area contributed by atoms with E-state index in [4.69, 9.17) is 4.74 Å². The largest absolute Gasteiger partial charge is 0.481 e. The second kappa shape index (κ2) is 6.80. The van der Waals surface area contributed by atoms with Crippen LogP contribution in [0.25, 0.3) is 11.2 Å². The van der Waals surface area contributed by atoms with Crippen LogP contribution in [-0.2, 0) is 13.0 Å². The maximum atomic E-state index is 13.0. The Balaban J connectivity index is 1.38. The summed E-state index contributed by atoms with van der Waals surface area (Å²) < 4.78 is 18.2. The molecule has 1 aliphatic rings. The second-order valence-corrected chi connectivity index (χ2v) is 6.63. The van der Waals surface area contributed by atoms with Crippen molar-refractivity contribution in [2.45, 2.75) is 19.4 Å². The Labute approximate surface area is 145 Å². The topological polar surface area (TPSA) is 54.0 Å². The predicted molar refractivity (Wildman–Crippen MR) is 93.9 cm³/mol. The van der Waals surface area contributed by atoms with Crippen LogP contribution >= 0.6 is 0 Å². The van der Waals surface area contributed by atoms with Crippen molar-refractivity contribution in [1.82, 2.24) is 19.9 Å². The van der Waals surface area contributed by atoms with E-state index in [1.54, 1.807) is 7.11 Å². The molecule has 0 radical (unpaired) electrons. The lowest BCUT2D eigenvalue weighted by Crippen LogP contribution is -2.21. The molecule has 3 aromatic rings. The number of methoxy groups -OCH3 is 1. The number of ether oxygens (including phenoxy) is 1. The lowest BCUT2D eigenvalue weighted by atomic mass is 9.99. The SMILES string of the molecule is COc1ccc2[nH]c(CN3CCC(Cc4ccc(F)cc4)C3)nc2n1. The highest BCUT2D eigenvalue weighted by Crippen LogP contribution is 2.23. The Morgan fingerprint density at radius 3 is 2.84 bits per heavy atom. The monoisotopic (exact) mass is 340 g/mol. The number of halogens is 1. The normalized spacial score (nSPS) is 18.1. The van der Waals surface area contributed by atoms with Crippen LogP contribution in [0.2, 0.25) is 0 Å². The van der Waals surface area contributed by atoms with Crippen LogP contribution in [0.4, 0.5) is 4.39 Å². The number of hydrogen-bond donors (Lipinski definition) is 1. The summed E-state index contributed by atoms with van der Waals surface area (Å²) in [5.41, 5.74) is 2.82. The number of aromatic amines is 1. The third-order valence-corrected chi connectivity index (χ3v) is 4.76. The number of benzene rings is 1. The van der Waals surface area contributed by atoms with Crippen LogP contribution < -0.4 is 4.74 Å². The van der Waals surface area contributed by atoms with Crippen LogP contribution in [0.15, 0.2) is 36.4 Å². The van der Waals surface area contributed by atoms with E-state index in [0.29, 0.717) is 17.4 Å². The Bertz CT molecular complexity index is 861. The zero-order valence-corrected chi connectivity index (χ0v) is 14.2. The van der Waals surface area contributed by atoms with Gasteiger partial charge in [0.25, 0.3) is 0 Å². The maximum Gasteiger partial charge on any atom is 0.215 e. The second-order valence-electron chi connectivity index (χ2n) is 6.63. The quantitative estimate of drug-likeness (QED) is 0.775. The lowest BCUT2D eigenvalue weighted by molar-refractivity contribution is 0.309. The van der Waals surface area contributed by atoms with Gasteiger partial charge in [0.1, 0.15) is 11.6 Å². The molecule has 1 N–H and O–H groups in total. The van der Waals surface area contributed by atoms with Crippen molar-refractivity contribution >= 4 is 11.2 Å². The van der Waals surface area contributed by atoms with Gasteiger partial charge in [0.05, 0.1) is 19.2 Å². The van der Waals surface area contributed by atoms with Gasteiger partial charge in [-0.1, -0.05) is 12.1 Å². The number of imidazole rings is 1. The van der Waals surface area contributed by atoms with Gasteiger partial charge in [-0.2, -0.15) is 4.98 Å². The Kier molecular flexibility index (Phi) is 4.36. The molecule has 1 aliphatic heterocycles. The molecule has 0 saturated carbocycles. The Hall–Kier alpha value is -2.47. The van der Waals surface area contributed by atoms with Crippen molar-refractivity contribution in [3.05, 3.63) is 53.6 Å². The molecular formula is C19H21FN4O. The Morgan fingerprint density at radius 1 is 1.20 bits per heavy atom. The first-order chi connectivity index (χ1) is 12.2. The van der Waals surface area contributed by atoms with Gasteiger partial charge in [-0.25, -0.2) is 9.37 Å². The molecule has 4 rings (SSSR count). The van der Waals surface area contributed by atoms with Gasteiger partial charge < -0.3 is 9.72 Å². The van der Waals surface area contributed by atoms with E-state index in [0.717, 1.165) is 43.8 Å². The maximum absolute atomic E-state index is 13.0. The average Bonchev–Trinajstić information content (AvgIpc) is 3.22. The highest BCUT2D eigenvalue weighted by atomic mass is 19.1. The smallest absolute Gasteiger partial charge is 0.215 e. The van der Waals surface area contributed by atoms with E-state index in [1.807, 2.05) is 24.3 Å². The van der Waals surface area contributed by atoms with E-state index in [1.165, 1.54) is 17.7 Å². The van der Waals surface area contributed by atoms with Gasteiger partial charge >= 0.3 is 0 Å². The van der Waals surface area contributed by atoms with Gasteiger partial charge in [0, 0.05) is 12.6 Å². The summed E-state index contributed by atoms with van der Waals surface area (Å²) in [6.07, 6.45) is 2.15. The molecule has 1 fully saturated rings. The van der Waals surface area contributed by atoms with Crippen molar-refractivity contribution in [1.29, 1.82) is 0 Å². The molecule has 0 aliphatic carbocycles. The van der Waals surface area contributed by atoms with Crippen LogP contribution in [0.3, 0.4) is 0 Å². The van der Waals surface area contributed by atoms with Gasteiger partial charge in [0.15, 0.2) is 5.65 Å². The van der Waals surface area contributed by atoms with E-state index < -0.39 is 0 Å². The number of nitrogens with zero attached hydrogens (tertiary/aromatic N) is 3. The molecule has 1 unspecified atom stereocenters. The molecule has 25 heavy (non-hydrogen) atoms. The number of likely N-dealkylation sites (tertiary alicyclic amines) is 1.